The van der Waals surface area contributed by atoms with Gasteiger partial charge in [-0.05, 0) is 58.8 Å². The van der Waals surface area contributed by atoms with Gasteiger partial charge >= 0.3 is 0 Å². The molecule has 0 aliphatic heterocycles. The first kappa shape index (κ1) is 16.3. The molecule has 1 aliphatic rings. The van der Waals surface area contributed by atoms with Crippen LogP contribution in [0.15, 0.2) is 12.1 Å². The summed E-state index contributed by atoms with van der Waals surface area (Å²) in [6.45, 7) is 17.7. The molecule has 0 N–H and O–H groups in total. The molecule has 0 heterocycles. The van der Waals surface area contributed by atoms with Crippen LogP contribution in [0, 0.1) is 5.92 Å². The van der Waals surface area contributed by atoms with Crippen LogP contribution in [0.5, 0.6) is 0 Å². The Morgan fingerprint density at radius 3 is 2.19 bits per heavy atom. The van der Waals surface area contributed by atoms with Crippen LogP contribution in [-0.4, -0.2) is 5.78 Å². The van der Waals surface area contributed by atoms with Gasteiger partial charge in [0.05, 0.1) is 0 Å². The Morgan fingerprint density at radius 1 is 1.14 bits per heavy atom. The summed E-state index contributed by atoms with van der Waals surface area (Å²) < 4.78 is 0. The predicted molar refractivity (Wildman–Crippen MR) is 90.4 cm³/mol. The van der Waals surface area contributed by atoms with Gasteiger partial charge in [0.25, 0.3) is 0 Å². The lowest BCUT2D eigenvalue weighted by atomic mass is 9.57. The third-order valence-corrected chi connectivity index (χ3v) is 5.66. The summed E-state index contributed by atoms with van der Waals surface area (Å²) in [4.78, 5) is 12.1. The first-order valence-corrected chi connectivity index (χ1v) is 8.18. The molecule has 0 saturated carbocycles. The van der Waals surface area contributed by atoms with Crippen molar-refractivity contribution >= 4 is 5.78 Å². The molecule has 1 aliphatic carbocycles. The zero-order chi connectivity index (χ0) is 16.2. The lowest BCUT2D eigenvalue weighted by molar-refractivity contribution is 0.101. The molecule has 116 valence electrons. The van der Waals surface area contributed by atoms with Gasteiger partial charge in [-0.1, -0.05) is 54.5 Å². The molecule has 2 rings (SSSR count). The van der Waals surface area contributed by atoms with Crippen molar-refractivity contribution in [2.24, 2.45) is 5.92 Å². The third-order valence-electron chi connectivity index (χ3n) is 5.66. The maximum Gasteiger partial charge on any atom is 0.160 e. The molecular formula is C20H30O. The highest BCUT2D eigenvalue weighted by Crippen LogP contribution is 2.50. The Labute approximate surface area is 130 Å². The number of benzene rings is 1. The Bertz CT molecular complexity index is 576. The van der Waals surface area contributed by atoms with Gasteiger partial charge in [-0.25, -0.2) is 0 Å². The van der Waals surface area contributed by atoms with Crippen LogP contribution in [0.3, 0.4) is 0 Å². The van der Waals surface area contributed by atoms with Gasteiger partial charge in [0.2, 0.25) is 0 Å². The highest BCUT2D eigenvalue weighted by Gasteiger charge is 2.42. The first-order chi connectivity index (χ1) is 9.48. The van der Waals surface area contributed by atoms with Crippen molar-refractivity contribution in [2.45, 2.75) is 78.6 Å². The second-order valence-electron chi connectivity index (χ2n) is 8.41. The third kappa shape index (κ3) is 2.56. The molecular weight excluding hydrogens is 256 g/mol. The smallest absolute Gasteiger partial charge is 0.160 e. The van der Waals surface area contributed by atoms with E-state index in [9.17, 15) is 4.79 Å². The van der Waals surface area contributed by atoms with Crippen molar-refractivity contribution in [3.8, 4) is 0 Å². The number of hydrogen-bond acceptors (Lipinski definition) is 1. The van der Waals surface area contributed by atoms with Gasteiger partial charge in [0, 0.05) is 5.56 Å². The van der Waals surface area contributed by atoms with E-state index in [1.807, 2.05) is 0 Å². The van der Waals surface area contributed by atoms with Crippen molar-refractivity contribution in [3.05, 3.63) is 34.4 Å². The van der Waals surface area contributed by atoms with E-state index in [4.69, 9.17) is 0 Å². The summed E-state index contributed by atoms with van der Waals surface area (Å²) in [6.07, 6.45) is 1.17. The number of carbonyl (C=O) groups excluding carboxylic acids is 1. The number of ketones is 1. The van der Waals surface area contributed by atoms with Crippen LogP contribution in [0.2, 0.25) is 0 Å². The van der Waals surface area contributed by atoms with E-state index in [2.05, 4.69) is 60.6 Å². The average molecular weight is 286 g/mol. The van der Waals surface area contributed by atoms with E-state index < -0.39 is 0 Å². The Kier molecular flexibility index (Phi) is 3.85. The fourth-order valence-corrected chi connectivity index (χ4v) is 3.89. The van der Waals surface area contributed by atoms with E-state index in [-0.39, 0.29) is 16.6 Å². The van der Waals surface area contributed by atoms with Crippen molar-refractivity contribution in [2.75, 3.05) is 0 Å². The summed E-state index contributed by atoms with van der Waals surface area (Å²) in [6, 6.07) is 4.52. The minimum Gasteiger partial charge on any atom is -0.295 e. The number of fused-ring (bicyclic) bond motifs is 1. The van der Waals surface area contributed by atoms with Crippen LogP contribution in [0.25, 0.3) is 0 Å². The zero-order valence-electron chi connectivity index (χ0n) is 14.9. The van der Waals surface area contributed by atoms with Gasteiger partial charge in [0.1, 0.15) is 0 Å². The number of carbonyl (C=O) groups is 1. The zero-order valence-corrected chi connectivity index (χ0v) is 14.9. The fraction of sp³-hybridized carbons (Fsp3) is 0.650. The van der Waals surface area contributed by atoms with Gasteiger partial charge in [-0.2, -0.15) is 0 Å². The Morgan fingerprint density at radius 2 is 1.71 bits per heavy atom. The van der Waals surface area contributed by atoms with Crippen LogP contribution in [-0.2, 0) is 10.8 Å². The largest absolute Gasteiger partial charge is 0.295 e. The monoisotopic (exact) mass is 286 g/mol. The van der Waals surface area contributed by atoms with E-state index in [0.29, 0.717) is 11.8 Å². The second-order valence-corrected chi connectivity index (χ2v) is 8.41. The summed E-state index contributed by atoms with van der Waals surface area (Å²) >= 11 is 0. The molecule has 1 aromatic rings. The van der Waals surface area contributed by atoms with Crippen molar-refractivity contribution in [3.63, 3.8) is 0 Å². The second kappa shape index (κ2) is 4.97. The number of Topliss-reactive ketones (excluding diaryl/α,β-unsaturated/α-hetero) is 1. The molecule has 0 radical (unpaired) electrons. The van der Waals surface area contributed by atoms with Crippen molar-refractivity contribution in [1.82, 2.24) is 0 Å². The molecule has 0 saturated heterocycles. The molecule has 21 heavy (non-hydrogen) atoms. The van der Waals surface area contributed by atoms with E-state index >= 15 is 0 Å². The first-order valence-electron chi connectivity index (χ1n) is 8.18. The highest BCUT2D eigenvalue weighted by atomic mass is 16.1. The molecule has 1 heteroatoms. The summed E-state index contributed by atoms with van der Waals surface area (Å²) in [5.41, 5.74) is 5.26. The summed E-state index contributed by atoms with van der Waals surface area (Å²) in [5, 5.41) is 0. The lowest BCUT2D eigenvalue weighted by Gasteiger charge is -2.47. The molecule has 1 aromatic carbocycles. The summed E-state index contributed by atoms with van der Waals surface area (Å²) in [5.74, 6) is 1.21. The number of hydrogen-bond donors (Lipinski definition) is 0. The molecule has 0 bridgehead atoms. The van der Waals surface area contributed by atoms with Gasteiger partial charge in [-0.3, -0.25) is 4.79 Å². The van der Waals surface area contributed by atoms with Gasteiger partial charge in [-0.15, -0.1) is 0 Å². The normalized spacial score (nSPS) is 23.0. The Balaban J connectivity index is 2.80. The van der Waals surface area contributed by atoms with Crippen LogP contribution in [0.4, 0.5) is 0 Å². The minimum atomic E-state index is 0.143. The minimum absolute atomic E-state index is 0.143. The van der Waals surface area contributed by atoms with E-state index in [1.165, 1.54) is 23.1 Å². The maximum atomic E-state index is 12.1. The van der Waals surface area contributed by atoms with Gasteiger partial charge < -0.3 is 0 Å². The molecule has 0 fully saturated rings. The average Bonchev–Trinajstić information content (AvgIpc) is 2.34. The standard InChI is InChI=1S/C20H30O/c1-12(2)15-9-18-17(10-16(15)14(4)21)19(5,6)11-13(3)20(18,7)8/h9-10,12-13H,11H2,1-8H3/t13-/m1/s1. The predicted octanol–water partition coefficient (Wildman–Crippen LogP) is 5.61. The quantitative estimate of drug-likeness (QED) is 0.646. The summed E-state index contributed by atoms with van der Waals surface area (Å²) in [7, 11) is 0. The molecule has 1 atom stereocenters. The van der Waals surface area contributed by atoms with Crippen molar-refractivity contribution < 1.29 is 4.79 Å². The van der Waals surface area contributed by atoms with E-state index in [1.54, 1.807) is 6.92 Å². The highest BCUT2D eigenvalue weighted by molar-refractivity contribution is 5.96. The lowest BCUT2D eigenvalue weighted by Crippen LogP contribution is -2.40. The van der Waals surface area contributed by atoms with E-state index in [0.717, 1.165) is 5.56 Å². The molecule has 0 aromatic heterocycles. The molecule has 0 amide bonds. The molecule has 0 spiro atoms. The number of rotatable bonds is 2. The molecule has 0 unspecified atom stereocenters. The SMILES string of the molecule is CC(=O)c1cc2c(cc1C(C)C)C(C)(C)[C@H](C)CC2(C)C. The maximum absolute atomic E-state index is 12.1. The fourth-order valence-electron chi connectivity index (χ4n) is 3.89. The van der Waals surface area contributed by atoms with Crippen LogP contribution >= 0.6 is 0 Å². The topological polar surface area (TPSA) is 17.1 Å². The molecule has 1 nitrogen and oxygen atoms in total. The Hall–Kier alpha value is -1.11. The van der Waals surface area contributed by atoms with Crippen LogP contribution in [0.1, 0.15) is 94.8 Å². The van der Waals surface area contributed by atoms with Crippen LogP contribution < -0.4 is 0 Å². The van der Waals surface area contributed by atoms with Crippen molar-refractivity contribution in [1.29, 1.82) is 0 Å². The van der Waals surface area contributed by atoms with Gasteiger partial charge in [0.15, 0.2) is 5.78 Å².